The van der Waals surface area contributed by atoms with Crippen molar-refractivity contribution in [2.45, 2.75) is 13.5 Å². The Labute approximate surface area is 153 Å². The molecule has 0 bridgehead atoms. The quantitative estimate of drug-likeness (QED) is 0.528. The number of esters is 1. The van der Waals surface area contributed by atoms with Crippen LogP contribution in [0.4, 0.5) is 0 Å². The van der Waals surface area contributed by atoms with Crippen molar-refractivity contribution in [2.24, 2.45) is 0 Å². The summed E-state index contributed by atoms with van der Waals surface area (Å²) in [6.45, 7) is 1.89. The summed E-state index contributed by atoms with van der Waals surface area (Å²) in [4.78, 5) is 24.3. The smallest absolute Gasteiger partial charge is 0.359 e. The lowest BCUT2D eigenvalue weighted by atomic mass is 10.2. The van der Waals surface area contributed by atoms with E-state index in [4.69, 9.17) is 9.15 Å². The third-order valence-electron chi connectivity index (χ3n) is 3.76. The van der Waals surface area contributed by atoms with Gasteiger partial charge >= 0.3 is 5.97 Å². The lowest BCUT2D eigenvalue weighted by Crippen LogP contribution is -2.07. The molecule has 0 aliphatic rings. The van der Waals surface area contributed by atoms with Gasteiger partial charge in [0.1, 0.15) is 12.4 Å². The molecule has 0 radical (unpaired) electrons. The molecule has 0 spiro atoms. The first-order valence-corrected chi connectivity index (χ1v) is 8.86. The molecule has 1 N–H and O–H groups in total. The van der Waals surface area contributed by atoms with E-state index in [1.54, 1.807) is 19.3 Å². The number of carbonyl (C=O) groups is 1. The van der Waals surface area contributed by atoms with Gasteiger partial charge in [-0.05, 0) is 19.1 Å². The van der Waals surface area contributed by atoms with Gasteiger partial charge in [0.15, 0.2) is 16.5 Å². The van der Waals surface area contributed by atoms with Crippen LogP contribution in [0.3, 0.4) is 0 Å². The van der Waals surface area contributed by atoms with Crippen LogP contribution in [-0.2, 0) is 11.3 Å². The van der Waals surface area contributed by atoms with Crippen LogP contribution in [0.25, 0.3) is 22.2 Å². The number of rotatable bonds is 5. The second-order valence-electron chi connectivity index (χ2n) is 5.62. The molecule has 0 saturated heterocycles. The molecule has 1 aromatic carbocycles. The number of ether oxygens (including phenoxy) is 1. The molecule has 130 valence electrons. The number of furan rings is 1. The number of hydrogen-bond donors (Lipinski definition) is 1. The first kappa shape index (κ1) is 16.3. The second kappa shape index (κ2) is 6.97. The van der Waals surface area contributed by atoms with Gasteiger partial charge in [-0.2, -0.15) is 0 Å². The Morgan fingerprint density at radius 1 is 1.19 bits per heavy atom. The topological polar surface area (TPSA) is 81.0 Å². The van der Waals surface area contributed by atoms with Crippen LogP contribution < -0.4 is 0 Å². The van der Waals surface area contributed by atoms with Crippen molar-refractivity contribution in [3.05, 3.63) is 71.2 Å². The van der Waals surface area contributed by atoms with Crippen LogP contribution in [0.2, 0.25) is 0 Å². The van der Waals surface area contributed by atoms with Crippen molar-refractivity contribution in [3.63, 3.8) is 0 Å². The normalized spacial score (nSPS) is 10.8. The minimum atomic E-state index is -0.478. The van der Waals surface area contributed by atoms with E-state index in [2.05, 4.69) is 15.0 Å². The van der Waals surface area contributed by atoms with Crippen LogP contribution >= 0.6 is 11.3 Å². The first-order chi connectivity index (χ1) is 12.7. The van der Waals surface area contributed by atoms with Crippen LogP contribution in [0.5, 0.6) is 0 Å². The molecule has 4 rings (SSSR count). The highest BCUT2D eigenvalue weighted by atomic mass is 32.1. The highest BCUT2D eigenvalue weighted by Gasteiger charge is 2.18. The fourth-order valence-corrected chi connectivity index (χ4v) is 3.26. The number of imidazole rings is 1. The summed E-state index contributed by atoms with van der Waals surface area (Å²) in [5.74, 6) is 0.862. The lowest BCUT2D eigenvalue weighted by molar-refractivity contribution is 0.0461. The average Bonchev–Trinajstić information content (AvgIpc) is 3.40. The van der Waals surface area contributed by atoms with Gasteiger partial charge in [-0.1, -0.05) is 30.3 Å². The largest absolute Gasteiger partial charge is 0.462 e. The van der Waals surface area contributed by atoms with Crippen molar-refractivity contribution in [1.82, 2.24) is 15.0 Å². The van der Waals surface area contributed by atoms with Gasteiger partial charge in [0, 0.05) is 16.6 Å². The summed E-state index contributed by atoms with van der Waals surface area (Å²) in [6, 6.07) is 13.3. The molecule has 3 heterocycles. The second-order valence-corrected chi connectivity index (χ2v) is 6.48. The molecule has 7 heteroatoms. The summed E-state index contributed by atoms with van der Waals surface area (Å²) < 4.78 is 10.7. The van der Waals surface area contributed by atoms with Crippen LogP contribution in [0.15, 0.2) is 58.5 Å². The molecule has 0 fully saturated rings. The van der Waals surface area contributed by atoms with Gasteiger partial charge < -0.3 is 14.1 Å². The Bertz CT molecular complexity index is 1020. The van der Waals surface area contributed by atoms with Crippen molar-refractivity contribution < 1.29 is 13.9 Å². The summed E-state index contributed by atoms with van der Waals surface area (Å²) in [5.41, 5.74) is 2.54. The number of hydrogen-bond acceptors (Lipinski definition) is 6. The number of nitrogens with zero attached hydrogens (tertiary/aromatic N) is 2. The molecular weight excluding hydrogens is 350 g/mol. The number of benzene rings is 1. The average molecular weight is 365 g/mol. The lowest BCUT2D eigenvalue weighted by Gasteiger charge is -2.00. The third-order valence-corrected chi connectivity index (χ3v) is 4.67. The van der Waals surface area contributed by atoms with Gasteiger partial charge in [0.25, 0.3) is 0 Å². The van der Waals surface area contributed by atoms with Crippen molar-refractivity contribution in [2.75, 3.05) is 0 Å². The summed E-state index contributed by atoms with van der Waals surface area (Å²) in [5, 5.41) is 2.60. The molecule has 3 aromatic heterocycles. The minimum Gasteiger partial charge on any atom is -0.462 e. The Kier molecular flexibility index (Phi) is 4.37. The maximum absolute atomic E-state index is 12.4. The molecule has 4 aromatic rings. The number of aromatic nitrogens is 3. The van der Waals surface area contributed by atoms with Crippen molar-refractivity contribution in [3.8, 4) is 22.2 Å². The SMILES string of the molecule is Cc1[nH]c(-c2ccccc2)nc1C(=O)OCc1csc(-c2ccco2)n1. The standard InChI is InChI=1S/C19H15N3O3S/c1-12-16(22-17(20-12)13-6-3-2-4-7-13)19(23)25-10-14-11-26-18(21-14)15-8-5-9-24-15/h2-9,11H,10H2,1H3,(H,20,22). The van der Waals surface area contributed by atoms with Crippen LogP contribution in [0, 0.1) is 6.92 Å². The van der Waals surface area contributed by atoms with Crippen molar-refractivity contribution in [1.29, 1.82) is 0 Å². The van der Waals surface area contributed by atoms with E-state index in [0.717, 1.165) is 10.6 Å². The molecule has 0 amide bonds. The summed E-state index contributed by atoms with van der Waals surface area (Å²) >= 11 is 1.44. The van der Waals surface area contributed by atoms with Gasteiger partial charge in [-0.25, -0.2) is 14.8 Å². The number of aromatic amines is 1. The Morgan fingerprint density at radius 3 is 2.81 bits per heavy atom. The van der Waals surface area contributed by atoms with E-state index in [-0.39, 0.29) is 12.3 Å². The highest BCUT2D eigenvalue weighted by molar-refractivity contribution is 7.13. The molecular formula is C19H15N3O3S. The van der Waals surface area contributed by atoms with E-state index < -0.39 is 5.97 Å². The zero-order chi connectivity index (χ0) is 17.9. The minimum absolute atomic E-state index is 0.0863. The maximum atomic E-state index is 12.4. The third kappa shape index (κ3) is 3.29. The molecule has 0 saturated carbocycles. The van der Waals surface area contributed by atoms with E-state index in [1.165, 1.54) is 11.3 Å². The van der Waals surface area contributed by atoms with Gasteiger partial charge in [0.05, 0.1) is 12.0 Å². The number of aryl methyl sites for hydroxylation is 1. The fraction of sp³-hybridized carbons (Fsp3) is 0.105. The molecule has 26 heavy (non-hydrogen) atoms. The summed E-state index contributed by atoms with van der Waals surface area (Å²) in [7, 11) is 0. The van der Waals surface area contributed by atoms with Crippen LogP contribution in [-0.4, -0.2) is 20.9 Å². The molecule has 6 nitrogen and oxygen atoms in total. The molecule has 0 aliphatic heterocycles. The van der Waals surface area contributed by atoms with Crippen molar-refractivity contribution >= 4 is 17.3 Å². The zero-order valence-electron chi connectivity index (χ0n) is 13.9. The molecule has 0 aliphatic carbocycles. The monoisotopic (exact) mass is 365 g/mol. The van der Waals surface area contributed by atoms with Gasteiger partial charge in [-0.15, -0.1) is 11.3 Å². The number of nitrogens with one attached hydrogen (secondary N) is 1. The predicted molar refractivity (Wildman–Crippen MR) is 97.7 cm³/mol. The van der Waals surface area contributed by atoms with E-state index in [9.17, 15) is 4.79 Å². The Morgan fingerprint density at radius 2 is 2.04 bits per heavy atom. The first-order valence-electron chi connectivity index (χ1n) is 7.98. The predicted octanol–water partition coefficient (Wildman–Crippen LogP) is 4.46. The highest BCUT2D eigenvalue weighted by Crippen LogP contribution is 2.24. The molecule has 0 atom stereocenters. The van der Waals surface area contributed by atoms with E-state index >= 15 is 0 Å². The maximum Gasteiger partial charge on any atom is 0.359 e. The summed E-state index contributed by atoms with van der Waals surface area (Å²) in [6.07, 6.45) is 1.60. The van der Waals surface area contributed by atoms with Gasteiger partial charge in [0.2, 0.25) is 0 Å². The Balaban J connectivity index is 1.45. The number of carbonyl (C=O) groups excluding carboxylic acids is 1. The van der Waals surface area contributed by atoms with Crippen LogP contribution in [0.1, 0.15) is 21.9 Å². The zero-order valence-corrected chi connectivity index (χ0v) is 14.7. The fourth-order valence-electron chi connectivity index (χ4n) is 2.49. The van der Waals surface area contributed by atoms with E-state index in [0.29, 0.717) is 23.0 Å². The Hall–Kier alpha value is -3.19. The molecule has 0 unspecified atom stereocenters. The number of H-pyrrole nitrogens is 1. The van der Waals surface area contributed by atoms with Gasteiger partial charge in [-0.3, -0.25) is 0 Å². The van der Waals surface area contributed by atoms with E-state index in [1.807, 2.05) is 41.8 Å². The number of thiazole rings is 1.